The first-order valence-corrected chi connectivity index (χ1v) is 9.56. The molecule has 3 rings (SSSR count). The van der Waals surface area contributed by atoms with Gasteiger partial charge in [-0.2, -0.15) is 0 Å². The Morgan fingerprint density at radius 1 is 0.897 bits per heavy atom. The van der Waals surface area contributed by atoms with Crippen LogP contribution in [0.25, 0.3) is 0 Å². The number of Topliss-reactive ketones (excluding diaryl/α,β-unsaturated/α-hetero) is 1. The maximum absolute atomic E-state index is 12.1. The molecule has 152 valence electrons. The number of hydrogen-bond donors (Lipinski definition) is 1. The molecule has 2 aromatic carbocycles. The van der Waals surface area contributed by atoms with Gasteiger partial charge in [0.15, 0.2) is 12.4 Å². The Morgan fingerprint density at radius 2 is 1.52 bits per heavy atom. The van der Waals surface area contributed by atoms with Gasteiger partial charge in [-0.25, -0.2) is 0 Å². The number of amides is 2. The molecule has 2 aromatic rings. The van der Waals surface area contributed by atoms with Gasteiger partial charge in [-0.3, -0.25) is 14.4 Å². The van der Waals surface area contributed by atoms with Crippen LogP contribution in [0, 0.1) is 0 Å². The second kappa shape index (κ2) is 9.23. The first-order valence-electron chi connectivity index (χ1n) is 9.56. The Hall–Kier alpha value is -3.35. The lowest BCUT2D eigenvalue weighted by Gasteiger charge is -2.35. The van der Waals surface area contributed by atoms with Crippen LogP contribution in [0.3, 0.4) is 0 Å². The van der Waals surface area contributed by atoms with Crippen molar-refractivity contribution in [3.8, 4) is 5.75 Å². The fourth-order valence-electron chi connectivity index (χ4n) is 3.17. The van der Waals surface area contributed by atoms with Gasteiger partial charge < -0.3 is 19.9 Å². The van der Waals surface area contributed by atoms with Crippen LogP contribution in [0.1, 0.15) is 24.2 Å². The van der Waals surface area contributed by atoms with E-state index < -0.39 is 0 Å². The van der Waals surface area contributed by atoms with Gasteiger partial charge in [0.1, 0.15) is 5.75 Å². The molecule has 1 aliphatic heterocycles. The Morgan fingerprint density at radius 3 is 2.07 bits per heavy atom. The summed E-state index contributed by atoms with van der Waals surface area (Å²) in [5.74, 6) is 0.431. The Kier molecular flexibility index (Phi) is 6.49. The number of ether oxygens (including phenoxy) is 1. The molecular weight excluding hydrogens is 370 g/mol. The van der Waals surface area contributed by atoms with Crippen LogP contribution in [0.2, 0.25) is 0 Å². The largest absolute Gasteiger partial charge is 0.484 e. The summed E-state index contributed by atoms with van der Waals surface area (Å²) >= 11 is 0. The second-order valence-electron chi connectivity index (χ2n) is 6.96. The third kappa shape index (κ3) is 5.57. The van der Waals surface area contributed by atoms with Crippen molar-refractivity contribution in [2.24, 2.45) is 0 Å². The van der Waals surface area contributed by atoms with E-state index in [0.717, 1.165) is 31.9 Å². The third-order valence-corrected chi connectivity index (χ3v) is 4.87. The summed E-state index contributed by atoms with van der Waals surface area (Å²) in [6.07, 6.45) is 0. The van der Waals surface area contributed by atoms with Gasteiger partial charge in [-0.15, -0.1) is 0 Å². The highest BCUT2D eigenvalue weighted by Crippen LogP contribution is 2.21. The van der Waals surface area contributed by atoms with E-state index in [1.165, 1.54) is 6.92 Å². The van der Waals surface area contributed by atoms with Crippen molar-refractivity contribution in [1.82, 2.24) is 4.90 Å². The zero-order valence-corrected chi connectivity index (χ0v) is 16.7. The molecule has 0 spiro atoms. The monoisotopic (exact) mass is 395 g/mol. The number of carbonyl (C=O) groups is 3. The van der Waals surface area contributed by atoms with Crippen LogP contribution in [0.4, 0.5) is 11.4 Å². The molecule has 7 nitrogen and oxygen atoms in total. The number of carbonyl (C=O) groups excluding carboxylic acids is 3. The maximum Gasteiger partial charge on any atom is 0.262 e. The number of nitrogens with zero attached hydrogens (tertiary/aromatic N) is 2. The van der Waals surface area contributed by atoms with Crippen molar-refractivity contribution < 1.29 is 19.1 Å². The van der Waals surface area contributed by atoms with Crippen molar-refractivity contribution in [3.63, 3.8) is 0 Å². The minimum atomic E-state index is -0.273. The fraction of sp³-hybridized carbons (Fsp3) is 0.318. The molecule has 1 N–H and O–H groups in total. The molecule has 7 heteroatoms. The Balaban J connectivity index is 1.47. The predicted octanol–water partition coefficient (Wildman–Crippen LogP) is 2.58. The van der Waals surface area contributed by atoms with Crippen molar-refractivity contribution in [2.75, 3.05) is 43.0 Å². The average molecular weight is 395 g/mol. The number of nitrogens with one attached hydrogen (secondary N) is 1. The smallest absolute Gasteiger partial charge is 0.262 e. The van der Waals surface area contributed by atoms with Gasteiger partial charge in [-0.05, 0) is 55.5 Å². The van der Waals surface area contributed by atoms with Crippen LogP contribution >= 0.6 is 0 Å². The topological polar surface area (TPSA) is 79.0 Å². The van der Waals surface area contributed by atoms with Gasteiger partial charge in [0.25, 0.3) is 5.91 Å². The minimum absolute atomic E-state index is 0.0182. The molecular formula is C22H25N3O4. The van der Waals surface area contributed by atoms with Gasteiger partial charge in [0.2, 0.25) is 5.91 Å². The number of anilines is 2. The summed E-state index contributed by atoms with van der Waals surface area (Å²) in [6, 6.07) is 14.3. The first-order chi connectivity index (χ1) is 13.9. The highest BCUT2D eigenvalue weighted by Gasteiger charge is 2.18. The lowest BCUT2D eigenvalue weighted by atomic mass is 10.1. The van der Waals surface area contributed by atoms with E-state index in [-0.39, 0.29) is 24.2 Å². The molecule has 0 unspecified atom stereocenters. The number of benzene rings is 2. The molecule has 1 saturated heterocycles. The SMILES string of the molecule is CC(=O)c1ccc(NC(=O)COc2ccc(N3CCN(C(C)=O)CC3)cc2)cc1. The summed E-state index contributed by atoms with van der Waals surface area (Å²) in [4.78, 5) is 38.8. The summed E-state index contributed by atoms with van der Waals surface area (Å²) in [6.45, 7) is 6.03. The Bertz CT molecular complexity index is 870. The van der Waals surface area contributed by atoms with Crippen molar-refractivity contribution in [2.45, 2.75) is 13.8 Å². The summed E-state index contributed by atoms with van der Waals surface area (Å²) in [5, 5.41) is 2.74. The van der Waals surface area contributed by atoms with Crippen LogP contribution in [0.15, 0.2) is 48.5 Å². The summed E-state index contributed by atoms with van der Waals surface area (Å²) in [7, 11) is 0. The molecule has 0 saturated carbocycles. The molecule has 0 atom stereocenters. The molecule has 0 bridgehead atoms. The molecule has 29 heavy (non-hydrogen) atoms. The van der Waals surface area contributed by atoms with Gasteiger partial charge in [-0.1, -0.05) is 0 Å². The van der Waals surface area contributed by atoms with E-state index in [4.69, 9.17) is 4.74 Å². The number of hydrogen-bond acceptors (Lipinski definition) is 5. The lowest BCUT2D eigenvalue weighted by molar-refractivity contribution is -0.129. The molecule has 1 heterocycles. The van der Waals surface area contributed by atoms with Crippen LogP contribution in [0.5, 0.6) is 5.75 Å². The first kappa shape index (κ1) is 20.4. The lowest BCUT2D eigenvalue weighted by Crippen LogP contribution is -2.48. The highest BCUT2D eigenvalue weighted by atomic mass is 16.5. The molecule has 0 aromatic heterocycles. The van der Waals surface area contributed by atoms with E-state index in [2.05, 4.69) is 10.2 Å². The van der Waals surface area contributed by atoms with Crippen molar-refractivity contribution in [3.05, 3.63) is 54.1 Å². The minimum Gasteiger partial charge on any atom is -0.484 e. The molecule has 1 aliphatic rings. The van der Waals surface area contributed by atoms with Crippen molar-refractivity contribution in [1.29, 1.82) is 0 Å². The molecule has 0 aliphatic carbocycles. The third-order valence-electron chi connectivity index (χ3n) is 4.87. The summed E-state index contributed by atoms with van der Waals surface area (Å²) < 4.78 is 5.56. The van der Waals surface area contributed by atoms with Crippen LogP contribution in [-0.4, -0.2) is 55.3 Å². The van der Waals surface area contributed by atoms with Crippen LogP contribution < -0.4 is 15.0 Å². The van der Waals surface area contributed by atoms with E-state index in [1.54, 1.807) is 31.2 Å². The van der Waals surface area contributed by atoms with Crippen LogP contribution in [-0.2, 0) is 9.59 Å². The fourth-order valence-corrected chi connectivity index (χ4v) is 3.17. The van der Waals surface area contributed by atoms with E-state index in [1.807, 2.05) is 29.2 Å². The van der Waals surface area contributed by atoms with E-state index >= 15 is 0 Å². The zero-order valence-electron chi connectivity index (χ0n) is 16.7. The Labute approximate surface area is 170 Å². The molecule has 1 fully saturated rings. The highest BCUT2D eigenvalue weighted by molar-refractivity contribution is 5.95. The van der Waals surface area contributed by atoms with Gasteiger partial charge in [0, 0.05) is 50.0 Å². The number of piperazine rings is 1. The quantitative estimate of drug-likeness (QED) is 0.761. The zero-order chi connectivity index (χ0) is 20.8. The number of ketones is 1. The molecule has 0 radical (unpaired) electrons. The number of rotatable bonds is 6. The van der Waals surface area contributed by atoms with E-state index in [0.29, 0.717) is 17.0 Å². The maximum atomic E-state index is 12.1. The average Bonchev–Trinajstić information content (AvgIpc) is 2.73. The van der Waals surface area contributed by atoms with E-state index in [9.17, 15) is 14.4 Å². The second-order valence-corrected chi connectivity index (χ2v) is 6.96. The van der Waals surface area contributed by atoms with Gasteiger partial charge >= 0.3 is 0 Å². The van der Waals surface area contributed by atoms with Gasteiger partial charge in [0.05, 0.1) is 0 Å². The molecule has 2 amide bonds. The summed E-state index contributed by atoms with van der Waals surface area (Å²) in [5.41, 5.74) is 2.28. The predicted molar refractivity (Wildman–Crippen MR) is 111 cm³/mol. The standard InChI is InChI=1S/C22H25N3O4/c1-16(26)18-3-5-19(6-4-18)23-22(28)15-29-21-9-7-20(8-10-21)25-13-11-24(12-14-25)17(2)27/h3-10H,11-15H2,1-2H3,(H,23,28). The van der Waals surface area contributed by atoms with Crippen molar-refractivity contribution >= 4 is 29.0 Å². The normalized spacial score (nSPS) is 13.7.